The lowest BCUT2D eigenvalue weighted by atomic mass is 9.85. The first-order chi connectivity index (χ1) is 28.9. The first-order valence-corrected chi connectivity index (χ1v) is 20.8. The molecule has 0 fully saturated rings. The Kier molecular flexibility index (Phi) is 8.62. The van der Waals surface area contributed by atoms with E-state index in [-0.39, 0.29) is 10.8 Å². The Labute approximate surface area is 351 Å². The molecule has 10 rings (SSSR count). The van der Waals surface area contributed by atoms with Crippen LogP contribution in [0.3, 0.4) is 0 Å². The zero-order chi connectivity index (χ0) is 41.5. The number of fused-ring (bicyclic) bond motifs is 6. The van der Waals surface area contributed by atoms with E-state index in [0.717, 1.165) is 73.0 Å². The monoisotopic (exact) mass is 783 g/mol. The molecule has 0 saturated carbocycles. The molecule has 0 saturated heterocycles. The van der Waals surface area contributed by atoms with Crippen molar-refractivity contribution < 1.29 is 4.74 Å². The second-order valence-corrected chi connectivity index (χ2v) is 18.1. The van der Waals surface area contributed by atoms with Gasteiger partial charge in [0.1, 0.15) is 17.3 Å². The molecule has 0 aliphatic rings. The van der Waals surface area contributed by atoms with Crippen molar-refractivity contribution in [1.29, 1.82) is 0 Å². The Morgan fingerprint density at radius 1 is 0.500 bits per heavy atom. The van der Waals surface area contributed by atoms with Crippen molar-refractivity contribution in [3.05, 3.63) is 174 Å². The molecule has 0 radical (unpaired) electrons. The van der Waals surface area contributed by atoms with Crippen LogP contribution in [0.1, 0.15) is 64.1 Å². The fraction of sp³-hybridized carbons (Fsp3) is 0.185. The normalized spacial score (nSPS) is 12.3. The van der Waals surface area contributed by atoms with Crippen molar-refractivity contribution in [2.45, 2.75) is 66.2 Å². The van der Waals surface area contributed by atoms with Gasteiger partial charge in [0.25, 0.3) is 0 Å². The van der Waals surface area contributed by atoms with E-state index in [0.29, 0.717) is 0 Å². The average Bonchev–Trinajstić information content (AvgIpc) is 3.86. The lowest BCUT2D eigenvalue weighted by Gasteiger charge is -2.24. The highest BCUT2D eigenvalue weighted by atomic mass is 16.5. The van der Waals surface area contributed by atoms with Crippen LogP contribution in [0.25, 0.3) is 71.9 Å². The molecule has 0 aliphatic heterocycles. The maximum Gasteiger partial charge on any atom is 0.139 e. The Bertz CT molecular complexity index is 3200. The minimum Gasteiger partial charge on any atom is -0.457 e. The van der Waals surface area contributed by atoms with Crippen LogP contribution in [-0.2, 0) is 10.8 Å². The third kappa shape index (κ3) is 6.09. The number of ether oxygens (including phenoxy) is 1. The molecular formula is C54H49N5O. The quantitative estimate of drug-likeness (QED) is 0.169. The Morgan fingerprint density at radius 3 is 1.82 bits per heavy atom. The Morgan fingerprint density at radius 2 is 1.12 bits per heavy atom. The number of para-hydroxylation sites is 3. The molecule has 4 aromatic heterocycles. The average molecular weight is 784 g/mol. The van der Waals surface area contributed by atoms with Gasteiger partial charge in [-0.2, -0.15) is 5.10 Å². The fourth-order valence-electron chi connectivity index (χ4n) is 9.25. The maximum atomic E-state index is 6.69. The molecule has 60 heavy (non-hydrogen) atoms. The van der Waals surface area contributed by atoms with E-state index in [1.54, 1.807) is 0 Å². The van der Waals surface area contributed by atoms with Gasteiger partial charge in [-0.05, 0) is 77.8 Å². The van der Waals surface area contributed by atoms with E-state index in [9.17, 15) is 0 Å². The molecule has 4 heterocycles. The van der Waals surface area contributed by atoms with E-state index < -0.39 is 0 Å². The smallest absolute Gasteiger partial charge is 0.139 e. The van der Waals surface area contributed by atoms with Gasteiger partial charge in [0.15, 0.2) is 0 Å². The molecule has 6 nitrogen and oxygen atoms in total. The van der Waals surface area contributed by atoms with Crippen LogP contribution < -0.4 is 4.74 Å². The largest absolute Gasteiger partial charge is 0.457 e. The van der Waals surface area contributed by atoms with Gasteiger partial charge in [0.2, 0.25) is 0 Å². The van der Waals surface area contributed by atoms with Crippen molar-refractivity contribution in [2.75, 3.05) is 0 Å². The third-order valence-electron chi connectivity index (χ3n) is 11.9. The highest BCUT2D eigenvalue weighted by molar-refractivity contribution is 6.12. The summed E-state index contributed by atoms with van der Waals surface area (Å²) >= 11 is 0. The molecule has 0 unspecified atom stereocenters. The fourth-order valence-corrected chi connectivity index (χ4v) is 9.25. The van der Waals surface area contributed by atoms with Gasteiger partial charge in [0.05, 0.1) is 39.1 Å². The van der Waals surface area contributed by atoms with Crippen LogP contribution in [0.15, 0.2) is 152 Å². The summed E-state index contributed by atoms with van der Waals surface area (Å²) in [6.07, 6.45) is 1.95. The van der Waals surface area contributed by atoms with E-state index >= 15 is 0 Å². The predicted octanol–water partition coefficient (Wildman–Crippen LogP) is 14.1. The summed E-state index contributed by atoms with van der Waals surface area (Å²) in [7, 11) is 0. The lowest BCUT2D eigenvalue weighted by molar-refractivity contribution is 0.482. The van der Waals surface area contributed by atoms with Gasteiger partial charge in [-0.1, -0.05) is 133 Å². The van der Waals surface area contributed by atoms with Crippen LogP contribution in [-0.4, -0.2) is 23.9 Å². The molecule has 0 atom stereocenters. The minimum absolute atomic E-state index is 0.0760. The first-order valence-electron chi connectivity index (χ1n) is 20.8. The van der Waals surface area contributed by atoms with Gasteiger partial charge in [-0.15, -0.1) is 0 Å². The van der Waals surface area contributed by atoms with Gasteiger partial charge in [-0.3, -0.25) is 4.57 Å². The molecule has 6 aromatic carbocycles. The number of rotatable bonds is 6. The summed E-state index contributed by atoms with van der Waals surface area (Å²) in [4.78, 5) is 5.09. The standard InChI is InChI=1S/C54H49N5O/c1-34-50(36-17-10-9-11-18-36)35(2)59(56-34)38-19-14-20-39(31-38)60-40-27-28-42-41-21-12-13-26-47(41)58(48(42)33-40)49-32-37(29-30-55-49)57-51-43(22-15-24-45(51)53(3,4)5)44-23-16-25-46(52(44)57)54(6,7)8/h9-33H,1-8H3. The van der Waals surface area contributed by atoms with E-state index in [2.05, 4.69) is 192 Å². The molecule has 0 spiro atoms. The molecule has 0 amide bonds. The van der Waals surface area contributed by atoms with Gasteiger partial charge in [0, 0.05) is 57.2 Å². The first kappa shape index (κ1) is 37.4. The molecule has 0 bridgehead atoms. The maximum absolute atomic E-state index is 6.69. The van der Waals surface area contributed by atoms with Crippen LogP contribution in [0.4, 0.5) is 0 Å². The molecule has 0 N–H and O–H groups in total. The zero-order valence-corrected chi connectivity index (χ0v) is 35.6. The summed E-state index contributed by atoms with van der Waals surface area (Å²) in [5, 5.41) is 9.78. The predicted molar refractivity (Wildman–Crippen MR) is 249 cm³/mol. The van der Waals surface area contributed by atoms with Crippen LogP contribution in [0.2, 0.25) is 0 Å². The minimum atomic E-state index is -0.0760. The van der Waals surface area contributed by atoms with Crippen LogP contribution in [0.5, 0.6) is 11.5 Å². The Hall–Kier alpha value is -6.92. The lowest BCUT2D eigenvalue weighted by Crippen LogP contribution is -2.15. The number of nitrogens with zero attached hydrogens (tertiary/aromatic N) is 5. The summed E-state index contributed by atoms with van der Waals surface area (Å²) in [6.45, 7) is 18.0. The molecular weight excluding hydrogens is 735 g/mol. The van der Waals surface area contributed by atoms with E-state index in [1.807, 2.05) is 29.1 Å². The van der Waals surface area contributed by atoms with Crippen molar-refractivity contribution in [1.82, 2.24) is 23.9 Å². The number of aromatic nitrogens is 5. The molecule has 0 aliphatic carbocycles. The van der Waals surface area contributed by atoms with E-state index in [4.69, 9.17) is 14.8 Å². The van der Waals surface area contributed by atoms with Gasteiger partial charge >= 0.3 is 0 Å². The molecule has 6 heteroatoms. The SMILES string of the molecule is Cc1nn(-c2cccc(Oc3ccc4c5ccccc5n(-c5cc(-n6c7c(C(C)(C)C)cccc7c7cccc(C(C)(C)C)c76)ccn5)c4c3)c2)c(C)c1-c1ccccc1. The third-order valence-corrected chi connectivity index (χ3v) is 11.9. The van der Waals surface area contributed by atoms with E-state index in [1.165, 1.54) is 32.9 Å². The Balaban J connectivity index is 1.12. The van der Waals surface area contributed by atoms with Crippen molar-refractivity contribution >= 4 is 43.6 Å². The summed E-state index contributed by atoms with van der Waals surface area (Å²) in [5.74, 6) is 2.32. The van der Waals surface area contributed by atoms with Crippen LogP contribution in [0, 0.1) is 13.8 Å². The second kappa shape index (κ2) is 13.8. The van der Waals surface area contributed by atoms with Gasteiger partial charge < -0.3 is 9.30 Å². The summed E-state index contributed by atoms with van der Waals surface area (Å²) in [6, 6.07) is 51.5. The zero-order valence-electron chi connectivity index (χ0n) is 35.6. The highest BCUT2D eigenvalue weighted by Crippen LogP contribution is 2.43. The van der Waals surface area contributed by atoms with Crippen molar-refractivity contribution in [3.63, 3.8) is 0 Å². The summed E-state index contributed by atoms with van der Waals surface area (Å²) in [5.41, 5.74) is 13.5. The number of benzene rings is 6. The number of hydrogen-bond acceptors (Lipinski definition) is 3. The highest BCUT2D eigenvalue weighted by Gasteiger charge is 2.27. The van der Waals surface area contributed by atoms with Crippen molar-refractivity contribution in [2.24, 2.45) is 0 Å². The molecule has 296 valence electrons. The topological polar surface area (TPSA) is 49.8 Å². The van der Waals surface area contributed by atoms with Crippen LogP contribution >= 0.6 is 0 Å². The number of pyridine rings is 1. The summed E-state index contributed by atoms with van der Waals surface area (Å²) < 4.78 is 13.5. The number of hydrogen-bond donors (Lipinski definition) is 0. The van der Waals surface area contributed by atoms with Gasteiger partial charge in [-0.25, -0.2) is 9.67 Å². The van der Waals surface area contributed by atoms with Crippen molar-refractivity contribution in [3.8, 4) is 39.8 Å². The number of aryl methyl sites for hydroxylation is 1. The second-order valence-electron chi connectivity index (χ2n) is 18.1. The molecule has 10 aromatic rings.